The van der Waals surface area contributed by atoms with E-state index >= 15 is 0 Å². The van der Waals surface area contributed by atoms with E-state index < -0.39 is 30.1 Å². The Balaban J connectivity index is 2.07. The van der Waals surface area contributed by atoms with Gasteiger partial charge in [-0.05, 0) is 12.5 Å². The average molecular weight is 420 g/mol. The number of methoxy groups -OCH3 is 1. The van der Waals surface area contributed by atoms with E-state index in [2.05, 4.69) is 24.8 Å². The van der Waals surface area contributed by atoms with E-state index in [9.17, 15) is 14.4 Å². The van der Waals surface area contributed by atoms with E-state index in [0.29, 0.717) is 12.1 Å². The lowest BCUT2D eigenvalue weighted by molar-refractivity contribution is -0.145. The van der Waals surface area contributed by atoms with Crippen molar-refractivity contribution in [3.63, 3.8) is 0 Å². The van der Waals surface area contributed by atoms with Crippen LogP contribution in [0.3, 0.4) is 0 Å². The van der Waals surface area contributed by atoms with Gasteiger partial charge in [0.15, 0.2) is 0 Å². The SMILES string of the molecule is CCOC(=O)[C@@H](Cc1ccccc1)NC(=O)n1cnc(C[C@@H](NP)C(=O)OC)c1. The van der Waals surface area contributed by atoms with Crippen molar-refractivity contribution in [1.82, 2.24) is 20.0 Å². The molecule has 0 saturated heterocycles. The van der Waals surface area contributed by atoms with E-state index in [-0.39, 0.29) is 13.0 Å². The molecular formula is C19H25N4O5P. The van der Waals surface area contributed by atoms with Crippen LogP contribution in [0, 0.1) is 0 Å². The summed E-state index contributed by atoms with van der Waals surface area (Å²) in [7, 11) is 3.55. The molecule has 3 atom stereocenters. The summed E-state index contributed by atoms with van der Waals surface area (Å²) >= 11 is 0. The second-order valence-electron chi connectivity index (χ2n) is 6.16. The van der Waals surface area contributed by atoms with Crippen molar-refractivity contribution in [1.29, 1.82) is 0 Å². The van der Waals surface area contributed by atoms with Crippen molar-refractivity contribution >= 4 is 27.4 Å². The number of hydrogen-bond donors (Lipinski definition) is 2. The van der Waals surface area contributed by atoms with Crippen molar-refractivity contribution < 1.29 is 23.9 Å². The third-order valence-corrected chi connectivity index (χ3v) is 4.52. The van der Waals surface area contributed by atoms with Gasteiger partial charge < -0.3 is 14.8 Å². The maximum Gasteiger partial charge on any atom is 0.329 e. The molecular weight excluding hydrogens is 395 g/mol. The maximum absolute atomic E-state index is 12.6. The molecule has 1 heterocycles. The molecule has 29 heavy (non-hydrogen) atoms. The first-order valence-corrected chi connectivity index (χ1v) is 9.64. The van der Waals surface area contributed by atoms with Crippen molar-refractivity contribution in [3.8, 4) is 0 Å². The molecule has 0 fully saturated rings. The summed E-state index contributed by atoms with van der Waals surface area (Å²) in [5.74, 6) is -0.952. The largest absolute Gasteiger partial charge is 0.468 e. The predicted octanol–water partition coefficient (Wildman–Crippen LogP) is 1.08. The third-order valence-electron chi connectivity index (χ3n) is 4.12. The Morgan fingerprint density at radius 2 is 1.86 bits per heavy atom. The van der Waals surface area contributed by atoms with Gasteiger partial charge in [-0.2, -0.15) is 0 Å². The normalized spacial score (nSPS) is 12.7. The number of rotatable bonds is 9. The predicted molar refractivity (Wildman–Crippen MR) is 109 cm³/mol. The minimum absolute atomic E-state index is 0.214. The van der Waals surface area contributed by atoms with Crippen molar-refractivity contribution in [3.05, 3.63) is 54.1 Å². The van der Waals surface area contributed by atoms with Crippen LogP contribution in [0.4, 0.5) is 4.79 Å². The van der Waals surface area contributed by atoms with Crippen LogP contribution in [0.15, 0.2) is 42.9 Å². The standard InChI is InChI=1S/C19H25N4O5P/c1-3-28-18(25)15(9-13-7-5-4-6-8-13)21-19(26)23-11-14(20-12-23)10-16(22-29)17(24)27-2/h4-8,11-12,15-16,22H,3,9-10,29H2,1-2H3,(H,21,26)/t15-,16-/m1/s1. The zero-order valence-corrected chi connectivity index (χ0v) is 17.5. The van der Waals surface area contributed by atoms with Crippen LogP contribution in [0.25, 0.3) is 0 Å². The highest BCUT2D eigenvalue weighted by molar-refractivity contribution is 7.13. The Morgan fingerprint density at radius 1 is 1.14 bits per heavy atom. The minimum Gasteiger partial charge on any atom is -0.468 e. The van der Waals surface area contributed by atoms with Gasteiger partial charge in [0.1, 0.15) is 18.4 Å². The van der Waals surface area contributed by atoms with Gasteiger partial charge in [-0.25, -0.2) is 14.6 Å². The molecule has 1 amide bonds. The highest BCUT2D eigenvalue weighted by Gasteiger charge is 2.24. The Kier molecular flexibility index (Phi) is 8.76. The molecule has 0 aliphatic rings. The molecule has 0 aliphatic heterocycles. The lowest BCUT2D eigenvalue weighted by Gasteiger charge is -2.17. The molecule has 0 spiro atoms. The number of imidazole rings is 1. The van der Waals surface area contributed by atoms with Crippen molar-refractivity contribution in [2.24, 2.45) is 0 Å². The van der Waals surface area contributed by atoms with Gasteiger partial charge in [-0.1, -0.05) is 39.7 Å². The van der Waals surface area contributed by atoms with Crippen LogP contribution in [-0.4, -0.2) is 53.3 Å². The molecule has 2 N–H and O–H groups in total. The first kappa shape index (κ1) is 22.5. The monoisotopic (exact) mass is 420 g/mol. The molecule has 1 aromatic heterocycles. The summed E-state index contributed by atoms with van der Waals surface area (Å²) in [6.45, 7) is 1.92. The Morgan fingerprint density at radius 3 is 2.48 bits per heavy atom. The van der Waals surface area contributed by atoms with Gasteiger partial charge in [-0.3, -0.25) is 14.4 Å². The number of benzene rings is 1. The summed E-state index contributed by atoms with van der Waals surface area (Å²) < 4.78 is 11.0. The van der Waals surface area contributed by atoms with Gasteiger partial charge in [0.25, 0.3) is 0 Å². The summed E-state index contributed by atoms with van der Waals surface area (Å²) in [6, 6.07) is 7.37. The number of amides is 1. The number of hydrogen-bond acceptors (Lipinski definition) is 7. The highest BCUT2D eigenvalue weighted by Crippen LogP contribution is 2.07. The smallest absolute Gasteiger partial charge is 0.329 e. The molecule has 2 rings (SSSR count). The Labute approximate surface area is 171 Å². The van der Waals surface area contributed by atoms with E-state index in [4.69, 9.17) is 9.47 Å². The lowest BCUT2D eigenvalue weighted by Crippen LogP contribution is -2.44. The number of carbonyl (C=O) groups excluding carboxylic acids is 3. The fraction of sp³-hybridized carbons (Fsp3) is 0.368. The average Bonchev–Trinajstić information content (AvgIpc) is 3.20. The summed E-state index contributed by atoms with van der Waals surface area (Å²) in [5.41, 5.74) is 1.41. The summed E-state index contributed by atoms with van der Waals surface area (Å²) in [6.07, 6.45) is 3.36. The Bertz CT molecular complexity index is 827. The van der Waals surface area contributed by atoms with Crippen LogP contribution < -0.4 is 10.4 Å². The second kappa shape index (κ2) is 11.3. The zero-order valence-electron chi connectivity index (χ0n) is 16.3. The number of ether oxygens (including phenoxy) is 2. The first-order chi connectivity index (χ1) is 14.0. The summed E-state index contributed by atoms with van der Waals surface area (Å²) in [4.78, 5) is 40.7. The number of carbonyl (C=O) groups is 3. The molecule has 0 radical (unpaired) electrons. The van der Waals surface area contributed by atoms with Crippen LogP contribution in [0.1, 0.15) is 18.2 Å². The molecule has 10 heteroatoms. The number of esters is 2. The molecule has 0 saturated carbocycles. The van der Waals surface area contributed by atoms with Gasteiger partial charge in [0, 0.05) is 19.0 Å². The van der Waals surface area contributed by atoms with E-state index in [1.165, 1.54) is 24.2 Å². The van der Waals surface area contributed by atoms with Gasteiger partial charge in [0.05, 0.1) is 19.4 Å². The van der Waals surface area contributed by atoms with Crippen LogP contribution in [0.2, 0.25) is 0 Å². The maximum atomic E-state index is 12.6. The van der Waals surface area contributed by atoms with Crippen molar-refractivity contribution in [2.45, 2.75) is 31.8 Å². The molecule has 156 valence electrons. The molecule has 9 nitrogen and oxygen atoms in total. The van der Waals surface area contributed by atoms with Crippen LogP contribution in [0.5, 0.6) is 0 Å². The number of nitrogens with one attached hydrogen (secondary N) is 2. The van der Waals surface area contributed by atoms with Crippen molar-refractivity contribution in [2.75, 3.05) is 13.7 Å². The van der Waals surface area contributed by atoms with Crippen LogP contribution >= 0.6 is 9.39 Å². The van der Waals surface area contributed by atoms with E-state index in [1.807, 2.05) is 30.3 Å². The third kappa shape index (κ3) is 6.66. The summed E-state index contributed by atoms with van der Waals surface area (Å²) in [5, 5.41) is 5.44. The first-order valence-electron chi connectivity index (χ1n) is 9.06. The van der Waals surface area contributed by atoms with Gasteiger partial charge >= 0.3 is 18.0 Å². The zero-order chi connectivity index (χ0) is 21.2. The Hall–Kier alpha value is -2.77. The van der Waals surface area contributed by atoms with E-state index in [1.54, 1.807) is 6.92 Å². The number of nitrogens with zero attached hydrogens (tertiary/aromatic N) is 2. The number of aromatic nitrogens is 2. The van der Waals surface area contributed by atoms with Crippen LogP contribution in [-0.2, 0) is 31.9 Å². The van der Waals surface area contributed by atoms with E-state index in [0.717, 1.165) is 5.56 Å². The topological polar surface area (TPSA) is 112 Å². The second-order valence-corrected chi connectivity index (χ2v) is 6.50. The molecule has 2 aromatic rings. The molecule has 1 aromatic carbocycles. The highest BCUT2D eigenvalue weighted by atomic mass is 31.0. The van der Waals surface area contributed by atoms with Gasteiger partial charge in [0.2, 0.25) is 0 Å². The lowest BCUT2D eigenvalue weighted by atomic mass is 10.1. The fourth-order valence-electron chi connectivity index (χ4n) is 2.65. The molecule has 0 bridgehead atoms. The van der Waals surface area contributed by atoms with Gasteiger partial charge in [-0.15, -0.1) is 0 Å². The molecule has 1 unspecified atom stereocenters. The minimum atomic E-state index is -0.841. The fourth-order valence-corrected chi connectivity index (χ4v) is 2.91. The quantitative estimate of drug-likeness (QED) is 0.461. The molecule has 0 aliphatic carbocycles.